The van der Waals surface area contributed by atoms with E-state index in [1.54, 1.807) is 0 Å². The third-order valence-electron chi connectivity index (χ3n) is 2.79. The first-order valence-electron chi connectivity index (χ1n) is 6.04. The van der Waals surface area contributed by atoms with Crippen molar-refractivity contribution in [3.05, 3.63) is 0 Å². The molecule has 0 aliphatic carbocycles. The highest BCUT2D eigenvalue weighted by Crippen LogP contribution is 2.23. The Morgan fingerprint density at radius 3 is 2.60 bits per heavy atom. The van der Waals surface area contributed by atoms with Gasteiger partial charge in [-0.05, 0) is 38.5 Å². The van der Waals surface area contributed by atoms with E-state index in [0.717, 1.165) is 19.0 Å². The zero-order valence-corrected chi connectivity index (χ0v) is 10.4. The van der Waals surface area contributed by atoms with Gasteiger partial charge >= 0.3 is 6.03 Å². The smallest absolute Gasteiger partial charge is 0.317 e. The molecule has 0 aromatic carbocycles. The summed E-state index contributed by atoms with van der Waals surface area (Å²) in [7, 11) is 0. The van der Waals surface area contributed by atoms with Crippen LogP contribution in [0.15, 0.2) is 0 Å². The van der Waals surface area contributed by atoms with Gasteiger partial charge in [0.05, 0.1) is 0 Å². The molecule has 1 heterocycles. The summed E-state index contributed by atoms with van der Waals surface area (Å²) in [6.07, 6.45) is 2.41. The van der Waals surface area contributed by atoms with E-state index in [2.05, 4.69) is 19.2 Å². The number of nitrogens with one attached hydrogen (secondary N) is 1. The molecule has 0 aromatic heterocycles. The third kappa shape index (κ3) is 4.10. The third-order valence-corrected chi connectivity index (χ3v) is 2.79. The molecule has 0 saturated carbocycles. The zero-order valence-electron chi connectivity index (χ0n) is 10.4. The summed E-state index contributed by atoms with van der Waals surface area (Å²) in [5.74, 6) is 1.45. The van der Waals surface area contributed by atoms with Crippen LogP contribution in [0.4, 0.5) is 4.79 Å². The van der Waals surface area contributed by atoms with E-state index >= 15 is 0 Å². The molecule has 1 fully saturated rings. The van der Waals surface area contributed by atoms with Crippen molar-refractivity contribution in [2.45, 2.75) is 46.6 Å². The molecule has 1 N–H and O–H groups in total. The van der Waals surface area contributed by atoms with Gasteiger partial charge in [0.15, 0.2) is 0 Å². The SMILES string of the molecule is CC(C)CC1CCN(C(=O)NC(C)C)C1. The molecule has 0 spiro atoms. The van der Waals surface area contributed by atoms with Crippen LogP contribution < -0.4 is 5.32 Å². The molecular weight excluding hydrogens is 188 g/mol. The Balaban J connectivity index is 2.32. The maximum Gasteiger partial charge on any atom is 0.317 e. The second-order valence-corrected chi connectivity index (χ2v) is 5.33. The van der Waals surface area contributed by atoms with Crippen LogP contribution in [0.1, 0.15) is 40.5 Å². The van der Waals surface area contributed by atoms with Gasteiger partial charge in [0.1, 0.15) is 0 Å². The van der Waals surface area contributed by atoms with Crippen molar-refractivity contribution in [1.82, 2.24) is 10.2 Å². The van der Waals surface area contributed by atoms with Gasteiger partial charge in [0.25, 0.3) is 0 Å². The number of rotatable bonds is 3. The maximum atomic E-state index is 11.7. The first kappa shape index (κ1) is 12.3. The summed E-state index contributed by atoms with van der Waals surface area (Å²) in [6, 6.07) is 0.345. The van der Waals surface area contributed by atoms with Gasteiger partial charge in [0, 0.05) is 19.1 Å². The molecule has 1 rings (SSSR count). The first-order valence-corrected chi connectivity index (χ1v) is 6.04. The van der Waals surface area contributed by atoms with Crippen molar-refractivity contribution in [2.75, 3.05) is 13.1 Å². The van der Waals surface area contributed by atoms with E-state index in [1.807, 2.05) is 18.7 Å². The lowest BCUT2D eigenvalue weighted by Crippen LogP contribution is -2.41. The van der Waals surface area contributed by atoms with Crippen molar-refractivity contribution in [3.63, 3.8) is 0 Å². The number of urea groups is 1. The number of carbonyl (C=O) groups excluding carboxylic acids is 1. The molecule has 1 aliphatic heterocycles. The quantitative estimate of drug-likeness (QED) is 0.766. The Bertz CT molecular complexity index is 214. The first-order chi connectivity index (χ1) is 6.99. The van der Waals surface area contributed by atoms with Crippen molar-refractivity contribution >= 4 is 6.03 Å². The van der Waals surface area contributed by atoms with E-state index in [9.17, 15) is 4.79 Å². The Labute approximate surface area is 93.2 Å². The molecule has 15 heavy (non-hydrogen) atoms. The largest absolute Gasteiger partial charge is 0.336 e. The van der Waals surface area contributed by atoms with Crippen LogP contribution in [0.5, 0.6) is 0 Å². The van der Waals surface area contributed by atoms with Gasteiger partial charge in [-0.15, -0.1) is 0 Å². The number of likely N-dealkylation sites (tertiary alicyclic amines) is 1. The van der Waals surface area contributed by atoms with Gasteiger partial charge < -0.3 is 10.2 Å². The highest BCUT2D eigenvalue weighted by molar-refractivity contribution is 5.74. The minimum absolute atomic E-state index is 0.108. The molecule has 0 aromatic rings. The topological polar surface area (TPSA) is 32.3 Å². The monoisotopic (exact) mass is 212 g/mol. The maximum absolute atomic E-state index is 11.7. The summed E-state index contributed by atoms with van der Waals surface area (Å²) in [5, 5.41) is 2.95. The minimum Gasteiger partial charge on any atom is -0.336 e. The lowest BCUT2D eigenvalue weighted by Gasteiger charge is -2.19. The Morgan fingerprint density at radius 2 is 2.07 bits per heavy atom. The molecule has 2 amide bonds. The molecular formula is C12H24N2O. The molecule has 1 atom stereocenters. The van der Waals surface area contributed by atoms with Crippen molar-refractivity contribution in [1.29, 1.82) is 0 Å². The van der Waals surface area contributed by atoms with Crippen LogP contribution in [-0.4, -0.2) is 30.1 Å². The molecule has 3 heteroatoms. The number of carbonyl (C=O) groups is 1. The summed E-state index contributed by atoms with van der Waals surface area (Å²) in [5.41, 5.74) is 0. The number of nitrogens with zero attached hydrogens (tertiary/aromatic N) is 1. The molecule has 1 saturated heterocycles. The minimum atomic E-state index is 0.108. The van der Waals surface area contributed by atoms with Crippen LogP contribution in [0.3, 0.4) is 0 Å². The standard InChI is InChI=1S/C12H24N2O/c1-9(2)7-11-5-6-14(8-11)12(15)13-10(3)4/h9-11H,5-8H2,1-4H3,(H,13,15). The normalized spacial score (nSPS) is 21.5. The molecule has 0 bridgehead atoms. The predicted molar refractivity (Wildman–Crippen MR) is 62.8 cm³/mol. The van der Waals surface area contributed by atoms with E-state index in [0.29, 0.717) is 5.92 Å². The highest BCUT2D eigenvalue weighted by Gasteiger charge is 2.26. The average molecular weight is 212 g/mol. The number of amides is 2. The van der Waals surface area contributed by atoms with Gasteiger partial charge in [-0.25, -0.2) is 4.79 Å². The van der Waals surface area contributed by atoms with Crippen LogP contribution in [0, 0.1) is 11.8 Å². The fourth-order valence-corrected chi connectivity index (χ4v) is 2.21. The Morgan fingerprint density at radius 1 is 1.40 bits per heavy atom. The van der Waals surface area contributed by atoms with Crippen LogP contribution in [-0.2, 0) is 0 Å². The van der Waals surface area contributed by atoms with E-state index in [4.69, 9.17) is 0 Å². The summed E-state index contributed by atoms with van der Waals surface area (Å²) in [4.78, 5) is 13.7. The second-order valence-electron chi connectivity index (χ2n) is 5.33. The highest BCUT2D eigenvalue weighted by atomic mass is 16.2. The lowest BCUT2D eigenvalue weighted by molar-refractivity contribution is 0.203. The van der Waals surface area contributed by atoms with E-state index in [1.165, 1.54) is 12.8 Å². The Hall–Kier alpha value is -0.730. The summed E-state index contributed by atoms with van der Waals surface area (Å²) in [6.45, 7) is 10.4. The fourth-order valence-electron chi connectivity index (χ4n) is 2.21. The number of hydrogen-bond donors (Lipinski definition) is 1. The second kappa shape index (κ2) is 5.38. The molecule has 1 aliphatic rings. The van der Waals surface area contributed by atoms with Crippen molar-refractivity contribution < 1.29 is 4.79 Å². The lowest BCUT2D eigenvalue weighted by atomic mass is 9.97. The zero-order chi connectivity index (χ0) is 11.4. The van der Waals surface area contributed by atoms with Crippen LogP contribution in [0.25, 0.3) is 0 Å². The fraction of sp³-hybridized carbons (Fsp3) is 0.917. The summed E-state index contributed by atoms with van der Waals surface area (Å²) >= 11 is 0. The van der Waals surface area contributed by atoms with Gasteiger partial charge in [-0.2, -0.15) is 0 Å². The predicted octanol–water partition coefficient (Wildman–Crippen LogP) is 2.47. The Kier molecular flexibility index (Phi) is 4.43. The van der Waals surface area contributed by atoms with Gasteiger partial charge in [0.2, 0.25) is 0 Å². The van der Waals surface area contributed by atoms with Crippen molar-refractivity contribution in [2.24, 2.45) is 11.8 Å². The van der Waals surface area contributed by atoms with E-state index in [-0.39, 0.29) is 12.1 Å². The molecule has 3 nitrogen and oxygen atoms in total. The number of hydrogen-bond acceptors (Lipinski definition) is 1. The summed E-state index contributed by atoms with van der Waals surface area (Å²) < 4.78 is 0. The molecule has 1 unspecified atom stereocenters. The van der Waals surface area contributed by atoms with Gasteiger partial charge in [-0.3, -0.25) is 0 Å². The van der Waals surface area contributed by atoms with Crippen LogP contribution in [0.2, 0.25) is 0 Å². The van der Waals surface area contributed by atoms with Crippen LogP contribution >= 0.6 is 0 Å². The van der Waals surface area contributed by atoms with Crippen molar-refractivity contribution in [3.8, 4) is 0 Å². The average Bonchev–Trinajstić information content (AvgIpc) is 2.50. The molecule has 88 valence electrons. The molecule has 0 radical (unpaired) electrons. The van der Waals surface area contributed by atoms with Gasteiger partial charge in [-0.1, -0.05) is 13.8 Å². The van der Waals surface area contributed by atoms with E-state index < -0.39 is 0 Å².